The molecule has 0 aromatic heterocycles. The number of rotatable bonds is 6. The Labute approximate surface area is 125 Å². The lowest BCUT2D eigenvalue weighted by molar-refractivity contribution is 0.267. The molecule has 0 amide bonds. The highest BCUT2D eigenvalue weighted by Crippen LogP contribution is 2.26. The van der Waals surface area contributed by atoms with Gasteiger partial charge in [0.2, 0.25) is 0 Å². The highest BCUT2D eigenvalue weighted by atomic mass is 35.5. The zero-order valence-electron chi connectivity index (χ0n) is 11.7. The molecule has 0 saturated heterocycles. The summed E-state index contributed by atoms with van der Waals surface area (Å²) in [6, 6.07) is 17.8. The zero-order chi connectivity index (χ0) is 14.4. The minimum absolute atomic E-state index is 0.0618. The first-order chi connectivity index (χ1) is 9.64. The molecule has 2 rings (SSSR count). The summed E-state index contributed by atoms with van der Waals surface area (Å²) >= 11 is 5.85. The first-order valence-electron chi connectivity index (χ1n) is 6.78. The van der Waals surface area contributed by atoms with E-state index in [1.165, 1.54) is 5.56 Å². The Balaban J connectivity index is 1.96. The first kappa shape index (κ1) is 14.9. The van der Waals surface area contributed by atoms with Gasteiger partial charge in [0.25, 0.3) is 0 Å². The van der Waals surface area contributed by atoms with Crippen LogP contribution in [0.5, 0.6) is 5.75 Å². The van der Waals surface area contributed by atoms with Crippen LogP contribution in [0.25, 0.3) is 0 Å². The van der Waals surface area contributed by atoms with Gasteiger partial charge in [-0.3, -0.25) is 0 Å². The van der Waals surface area contributed by atoms with Crippen LogP contribution in [0.4, 0.5) is 0 Å². The van der Waals surface area contributed by atoms with Crippen LogP contribution in [-0.2, 0) is 5.41 Å². The average Bonchev–Trinajstić information content (AvgIpc) is 2.50. The molecule has 0 heterocycles. The summed E-state index contributed by atoms with van der Waals surface area (Å²) < 4.78 is 5.77. The van der Waals surface area contributed by atoms with Crippen LogP contribution in [-0.4, -0.2) is 13.2 Å². The Morgan fingerprint density at radius 2 is 1.70 bits per heavy atom. The van der Waals surface area contributed by atoms with Crippen molar-refractivity contribution in [1.82, 2.24) is 0 Å². The van der Waals surface area contributed by atoms with E-state index in [4.69, 9.17) is 22.1 Å². The number of nitrogens with two attached hydrogens (primary N) is 1. The van der Waals surface area contributed by atoms with Gasteiger partial charge in [-0.25, -0.2) is 0 Å². The third-order valence-corrected chi connectivity index (χ3v) is 3.91. The Morgan fingerprint density at radius 3 is 2.30 bits per heavy atom. The Kier molecular flexibility index (Phi) is 5.05. The molecule has 0 spiro atoms. The van der Waals surface area contributed by atoms with Crippen molar-refractivity contribution < 1.29 is 4.74 Å². The molecule has 0 aliphatic heterocycles. The number of halogens is 1. The zero-order valence-corrected chi connectivity index (χ0v) is 12.4. The lowest BCUT2D eigenvalue weighted by Crippen LogP contribution is -2.33. The van der Waals surface area contributed by atoms with Gasteiger partial charge in [-0.05, 0) is 36.2 Å². The molecule has 3 heteroatoms. The Bertz CT molecular complexity index is 526. The summed E-state index contributed by atoms with van der Waals surface area (Å²) in [6.07, 6.45) is 0.871. The molecule has 2 aromatic rings. The van der Waals surface area contributed by atoms with Gasteiger partial charge in [-0.2, -0.15) is 0 Å². The molecular weight excluding hydrogens is 270 g/mol. The van der Waals surface area contributed by atoms with Crippen LogP contribution in [0, 0.1) is 0 Å². The van der Waals surface area contributed by atoms with Gasteiger partial charge >= 0.3 is 0 Å². The van der Waals surface area contributed by atoms with E-state index < -0.39 is 0 Å². The highest BCUT2D eigenvalue weighted by molar-refractivity contribution is 6.30. The largest absolute Gasteiger partial charge is 0.494 e. The van der Waals surface area contributed by atoms with Crippen LogP contribution in [0.15, 0.2) is 54.6 Å². The number of hydrogen-bond acceptors (Lipinski definition) is 2. The molecule has 0 bridgehead atoms. The van der Waals surface area contributed by atoms with Crippen LogP contribution in [0.1, 0.15) is 18.9 Å². The van der Waals surface area contributed by atoms with Crippen molar-refractivity contribution in [2.45, 2.75) is 18.8 Å². The van der Waals surface area contributed by atoms with Crippen molar-refractivity contribution in [2.75, 3.05) is 13.2 Å². The summed E-state index contributed by atoms with van der Waals surface area (Å²) in [7, 11) is 0. The monoisotopic (exact) mass is 289 g/mol. The van der Waals surface area contributed by atoms with Crippen molar-refractivity contribution in [1.29, 1.82) is 0 Å². The van der Waals surface area contributed by atoms with Crippen LogP contribution >= 0.6 is 11.6 Å². The van der Waals surface area contributed by atoms with E-state index in [0.717, 1.165) is 12.2 Å². The van der Waals surface area contributed by atoms with E-state index in [1.807, 2.05) is 42.5 Å². The SMILES string of the molecule is CC(CN)(CCOc1ccc(Cl)cc1)c1ccccc1. The quantitative estimate of drug-likeness (QED) is 0.871. The first-order valence-corrected chi connectivity index (χ1v) is 7.16. The molecule has 2 N–H and O–H groups in total. The van der Waals surface area contributed by atoms with Gasteiger partial charge in [0, 0.05) is 17.0 Å². The molecule has 2 nitrogen and oxygen atoms in total. The minimum atomic E-state index is -0.0618. The number of hydrogen-bond donors (Lipinski definition) is 1. The third kappa shape index (κ3) is 3.75. The maximum absolute atomic E-state index is 5.97. The molecule has 0 aliphatic rings. The van der Waals surface area contributed by atoms with Gasteiger partial charge in [0.15, 0.2) is 0 Å². The van der Waals surface area contributed by atoms with Crippen LogP contribution in [0.2, 0.25) is 5.02 Å². The standard InChI is InChI=1S/C17H20ClNO/c1-17(13-19,14-5-3-2-4-6-14)11-12-20-16-9-7-15(18)8-10-16/h2-10H,11-13,19H2,1H3. The van der Waals surface area contributed by atoms with E-state index in [9.17, 15) is 0 Å². The Hall–Kier alpha value is -1.51. The minimum Gasteiger partial charge on any atom is -0.494 e. The summed E-state index contributed by atoms with van der Waals surface area (Å²) in [5, 5.41) is 0.716. The molecule has 1 unspecified atom stereocenters. The normalized spacial score (nSPS) is 13.8. The molecule has 106 valence electrons. The van der Waals surface area contributed by atoms with Crippen LogP contribution in [0.3, 0.4) is 0 Å². The van der Waals surface area contributed by atoms with Gasteiger partial charge in [-0.1, -0.05) is 48.9 Å². The van der Waals surface area contributed by atoms with Gasteiger partial charge < -0.3 is 10.5 Å². The second-order valence-corrected chi connectivity index (χ2v) is 5.62. The third-order valence-electron chi connectivity index (χ3n) is 3.66. The molecule has 0 saturated carbocycles. The van der Waals surface area contributed by atoms with Crippen molar-refractivity contribution in [3.63, 3.8) is 0 Å². The summed E-state index contributed by atoms with van der Waals surface area (Å²) in [5.74, 6) is 0.835. The van der Waals surface area contributed by atoms with Crippen LogP contribution < -0.4 is 10.5 Å². The van der Waals surface area contributed by atoms with Crippen molar-refractivity contribution in [2.24, 2.45) is 5.73 Å². The summed E-state index contributed by atoms with van der Waals surface area (Å²) in [5.41, 5.74) is 7.16. The molecule has 20 heavy (non-hydrogen) atoms. The van der Waals surface area contributed by atoms with E-state index in [-0.39, 0.29) is 5.41 Å². The molecule has 1 atom stereocenters. The fraction of sp³-hybridized carbons (Fsp3) is 0.294. The maximum atomic E-state index is 5.97. The van der Waals surface area contributed by atoms with Crippen molar-refractivity contribution in [3.05, 3.63) is 65.2 Å². The van der Waals surface area contributed by atoms with E-state index in [2.05, 4.69) is 19.1 Å². The topological polar surface area (TPSA) is 35.2 Å². The summed E-state index contributed by atoms with van der Waals surface area (Å²) in [6.45, 7) is 3.40. The second kappa shape index (κ2) is 6.78. The van der Waals surface area contributed by atoms with Crippen molar-refractivity contribution >= 4 is 11.6 Å². The highest BCUT2D eigenvalue weighted by Gasteiger charge is 2.24. The lowest BCUT2D eigenvalue weighted by atomic mass is 9.80. The second-order valence-electron chi connectivity index (χ2n) is 5.18. The molecule has 0 radical (unpaired) electrons. The fourth-order valence-corrected chi connectivity index (χ4v) is 2.26. The molecular formula is C17H20ClNO. The molecule has 0 fully saturated rings. The van der Waals surface area contributed by atoms with E-state index in [1.54, 1.807) is 0 Å². The fourth-order valence-electron chi connectivity index (χ4n) is 2.13. The van der Waals surface area contributed by atoms with Gasteiger partial charge in [-0.15, -0.1) is 0 Å². The lowest BCUT2D eigenvalue weighted by Gasteiger charge is -2.28. The summed E-state index contributed by atoms with van der Waals surface area (Å²) in [4.78, 5) is 0. The molecule has 0 aliphatic carbocycles. The van der Waals surface area contributed by atoms with E-state index in [0.29, 0.717) is 18.2 Å². The predicted molar refractivity (Wildman–Crippen MR) is 84.4 cm³/mol. The smallest absolute Gasteiger partial charge is 0.119 e. The Morgan fingerprint density at radius 1 is 1.05 bits per heavy atom. The van der Waals surface area contributed by atoms with Gasteiger partial charge in [0.05, 0.1) is 6.61 Å². The van der Waals surface area contributed by atoms with Crippen molar-refractivity contribution in [3.8, 4) is 5.75 Å². The average molecular weight is 290 g/mol. The maximum Gasteiger partial charge on any atom is 0.119 e. The van der Waals surface area contributed by atoms with Gasteiger partial charge in [0.1, 0.15) is 5.75 Å². The predicted octanol–water partition coefficient (Wildman–Crippen LogP) is 4.03. The number of benzene rings is 2. The molecule has 2 aromatic carbocycles. The van der Waals surface area contributed by atoms with E-state index >= 15 is 0 Å². The number of ether oxygens (including phenoxy) is 1.